The number of aliphatic hydroxyl groups excluding tert-OH is 1. The van der Waals surface area contributed by atoms with E-state index in [1.807, 2.05) is 0 Å². The zero-order valence-electron chi connectivity index (χ0n) is 51.3. The third kappa shape index (κ3) is 59.3. The molecule has 0 aliphatic carbocycles. The van der Waals surface area contributed by atoms with Gasteiger partial charge in [-0.1, -0.05) is 241 Å². The number of rotatable bonds is 60. The van der Waals surface area contributed by atoms with Gasteiger partial charge in [-0.05, 0) is 116 Å². The quantitative estimate of drug-likeness (QED) is 0.0197. The van der Waals surface area contributed by atoms with Gasteiger partial charge >= 0.3 is 25.7 Å². The monoisotopic (exact) mass is 1140 g/mol. The molecular weight excluding hydrogens is 1020 g/mol. The van der Waals surface area contributed by atoms with Gasteiger partial charge in [0, 0.05) is 19.3 Å². The average molecular weight is 1140 g/mol. The first kappa shape index (κ1) is 76.7. The molecule has 0 aromatic carbocycles. The van der Waals surface area contributed by atoms with E-state index in [2.05, 4.69) is 106 Å². The second kappa shape index (κ2) is 61.7. The summed E-state index contributed by atoms with van der Waals surface area (Å²) in [6.07, 6.45) is 72.5. The van der Waals surface area contributed by atoms with Crippen LogP contribution in [0.4, 0.5) is 0 Å². The molecule has 0 bridgehead atoms. The Morgan fingerprint density at radius 2 is 0.650 bits per heavy atom. The van der Waals surface area contributed by atoms with Crippen molar-refractivity contribution < 1.29 is 52.2 Å². The van der Waals surface area contributed by atoms with Gasteiger partial charge in [0.05, 0.1) is 19.8 Å². The zero-order valence-corrected chi connectivity index (χ0v) is 52.2. The molecule has 0 radical (unpaired) electrons. The Kier molecular flexibility index (Phi) is 59.1. The Labute approximate surface area is 490 Å². The fourth-order valence-electron chi connectivity index (χ4n) is 8.84. The maximum Gasteiger partial charge on any atom is 0.472 e. The van der Waals surface area contributed by atoms with E-state index in [0.29, 0.717) is 19.3 Å². The van der Waals surface area contributed by atoms with E-state index in [9.17, 15) is 28.9 Å². The summed E-state index contributed by atoms with van der Waals surface area (Å²) in [6.45, 7) is 4.49. The van der Waals surface area contributed by atoms with E-state index >= 15 is 0 Å². The van der Waals surface area contributed by atoms with Crippen molar-refractivity contribution in [1.82, 2.24) is 0 Å². The maximum absolute atomic E-state index is 13.0. The van der Waals surface area contributed by atoms with Crippen molar-refractivity contribution in [3.8, 4) is 0 Å². The highest BCUT2D eigenvalue weighted by atomic mass is 31.2. The van der Waals surface area contributed by atoms with E-state index in [-0.39, 0.29) is 25.9 Å². The summed E-state index contributed by atoms with van der Waals surface area (Å²) in [5.41, 5.74) is 0. The summed E-state index contributed by atoms with van der Waals surface area (Å²) < 4.78 is 39.7. The van der Waals surface area contributed by atoms with Gasteiger partial charge in [-0.15, -0.1) is 0 Å². The first-order chi connectivity index (χ1) is 39.2. The van der Waals surface area contributed by atoms with Crippen LogP contribution in [0.5, 0.6) is 0 Å². The molecule has 0 aliphatic heterocycles. The van der Waals surface area contributed by atoms with Crippen LogP contribution < -0.4 is 0 Å². The Morgan fingerprint density at radius 3 is 1.06 bits per heavy atom. The molecule has 0 aromatic heterocycles. The Balaban J connectivity index is 4.74. The van der Waals surface area contributed by atoms with Crippen molar-refractivity contribution in [2.24, 2.45) is 0 Å². The van der Waals surface area contributed by atoms with Crippen LogP contribution in [-0.2, 0) is 42.2 Å². The first-order valence-corrected chi connectivity index (χ1v) is 34.0. The van der Waals surface area contributed by atoms with Crippen LogP contribution in [0.2, 0.25) is 0 Å². The molecule has 3 unspecified atom stereocenters. The molecule has 0 heterocycles. The minimum absolute atomic E-state index is 0.123. The Bertz CT molecular complexity index is 1670. The largest absolute Gasteiger partial charge is 0.472 e. The van der Waals surface area contributed by atoms with E-state index in [0.717, 1.165) is 89.9 Å². The van der Waals surface area contributed by atoms with Crippen molar-refractivity contribution >= 4 is 25.7 Å². The number of esters is 3. The third-order valence-electron chi connectivity index (χ3n) is 13.8. The predicted octanol–water partition coefficient (Wildman–Crippen LogP) is 19.8. The maximum atomic E-state index is 13.0. The number of phosphoric ester groups is 1. The number of hydrogen-bond acceptors (Lipinski definition) is 10. The second-order valence-electron chi connectivity index (χ2n) is 21.5. The molecule has 12 heteroatoms. The van der Waals surface area contributed by atoms with Gasteiger partial charge in [-0.2, -0.15) is 0 Å². The molecule has 0 rings (SSSR count). The molecule has 0 aliphatic rings. The van der Waals surface area contributed by atoms with Gasteiger partial charge in [0.15, 0.2) is 6.10 Å². The van der Waals surface area contributed by atoms with E-state index in [1.165, 1.54) is 141 Å². The summed E-state index contributed by atoms with van der Waals surface area (Å²) in [5, 5.41) is 9.84. The van der Waals surface area contributed by atoms with E-state index < -0.39 is 57.8 Å². The number of allylic oxidation sites excluding steroid dienone is 14. The van der Waals surface area contributed by atoms with Crippen molar-refractivity contribution in [3.63, 3.8) is 0 Å². The number of carbonyl (C=O) groups is 3. The van der Waals surface area contributed by atoms with Crippen molar-refractivity contribution in [2.45, 2.75) is 303 Å². The van der Waals surface area contributed by atoms with Crippen LogP contribution in [0.25, 0.3) is 0 Å². The lowest BCUT2D eigenvalue weighted by atomic mass is 10.1. The first-order valence-electron chi connectivity index (χ1n) is 32.5. The fraction of sp³-hybridized carbons (Fsp3) is 0.750. The van der Waals surface area contributed by atoms with E-state index in [1.54, 1.807) is 0 Å². The lowest BCUT2D eigenvalue weighted by molar-refractivity contribution is -0.161. The van der Waals surface area contributed by atoms with Gasteiger partial charge in [-0.25, -0.2) is 4.57 Å². The van der Waals surface area contributed by atoms with Crippen LogP contribution in [0, 0.1) is 0 Å². The summed E-state index contributed by atoms with van der Waals surface area (Å²) in [5.74, 6) is -1.51. The molecular formula is C68H119O11P. The topological polar surface area (TPSA) is 155 Å². The number of unbranched alkanes of at least 4 members (excludes halogenated alkanes) is 29. The summed E-state index contributed by atoms with van der Waals surface area (Å²) in [4.78, 5) is 48.8. The van der Waals surface area contributed by atoms with Gasteiger partial charge in [0.1, 0.15) is 12.7 Å². The molecule has 462 valence electrons. The van der Waals surface area contributed by atoms with Crippen molar-refractivity contribution in [3.05, 3.63) is 85.1 Å². The zero-order chi connectivity index (χ0) is 58.3. The summed E-state index contributed by atoms with van der Waals surface area (Å²) in [7, 11) is -4.77. The van der Waals surface area contributed by atoms with Crippen molar-refractivity contribution in [1.29, 1.82) is 0 Å². The van der Waals surface area contributed by atoms with E-state index in [4.69, 9.17) is 23.3 Å². The summed E-state index contributed by atoms with van der Waals surface area (Å²) >= 11 is 0. The fourth-order valence-corrected chi connectivity index (χ4v) is 9.63. The molecule has 0 saturated heterocycles. The molecule has 0 fully saturated rings. The molecule has 11 nitrogen and oxygen atoms in total. The molecule has 3 atom stereocenters. The highest BCUT2D eigenvalue weighted by molar-refractivity contribution is 7.47. The highest BCUT2D eigenvalue weighted by Gasteiger charge is 2.28. The normalized spacial score (nSPS) is 13.8. The van der Waals surface area contributed by atoms with Gasteiger partial charge < -0.3 is 24.2 Å². The van der Waals surface area contributed by atoms with Crippen molar-refractivity contribution in [2.75, 3.05) is 26.4 Å². The van der Waals surface area contributed by atoms with Crippen LogP contribution in [0.3, 0.4) is 0 Å². The second-order valence-corrected chi connectivity index (χ2v) is 23.0. The molecule has 0 saturated carbocycles. The van der Waals surface area contributed by atoms with Crippen LogP contribution in [0.15, 0.2) is 85.1 Å². The average Bonchev–Trinajstić information content (AvgIpc) is 3.45. The smallest absolute Gasteiger partial charge is 0.462 e. The highest BCUT2D eigenvalue weighted by Crippen LogP contribution is 2.43. The molecule has 2 N–H and O–H groups in total. The molecule has 80 heavy (non-hydrogen) atoms. The number of hydrogen-bond donors (Lipinski definition) is 2. The SMILES string of the molecule is CC/C=C\C/C=C\C/C=C\C/C=C\CCCCC(=O)OC(CO)COP(=O)(O)OCC(COC(=O)CCCCCCCCCCC/C=C\C/C=C\CCCCC)OC(=O)CCCCCCCCCCC/C=C\CCCCCCCC. The molecule has 0 spiro atoms. The number of carbonyl (C=O) groups excluding carboxylic acids is 3. The number of ether oxygens (including phenoxy) is 3. The third-order valence-corrected chi connectivity index (χ3v) is 14.7. The Morgan fingerprint density at radius 1 is 0.362 bits per heavy atom. The van der Waals surface area contributed by atoms with Gasteiger partial charge in [0.25, 0.3) is 0 Å². The lowest BCUT2D eigenvalue weighted by Gasteiger charge is -2.21. The van der Waals surface area contributed by atoms with Gasteiger partial charge in [-0.3, -0.25) is 23.4 Å². The lowest BCUT2D eigenvalue weighted by Crippen LogP contribution is -2.30. The number of aliphatic hydroxyl groups is 1. The van der Waals surface area contributed by atoms with Gasteiger partial charge in [0.2, 0.25) is 0 Å². The predicted molar refractivity (Wildman–Crippen MR) is 334 cm³/mol. The Hall–Kier alpha value is -3.34. The minimum atomic E-state index is -4.77. The van der Waals surface area contributed by atoms with Crippen LogP contribution in [-0.4, -0.2) is 66.5 Å². The molecule has 0 amide bonds. The van der Waals surface area contributed by atoms with Crippen LogP contribution in [0.1, 0.15) is 290 Å². The molecule has 0 aromatic rings. The van der Waals surface area contributed by atoms with Crippen LogP contribution >= 0.6 is 7.82 Å². The standard InChI is InChI=1S/C68H119O11P/c1-4-7-10-13-16-19-22-25-28-30-32-34-37-39-42-45-48-51-54-57-66(70)75-61-65(79-68(72)59-56-53-50-47-44-41-38-35-33-31-29-26-23-20-17-14-11-8-5-2)63-77-80(73,74)76-62-64(60-69)78-67(71)58-55-52-49-46-43-40-36-27-24-21-18-15-12-9-6-3/h9,12,16,18-19,21,25-29,36,43,46,64-65,69H,4-8,10-11,13-15,17,20,22-24,30-35,37-42,44-45,47-63H2,1-3H3,(H,73,74)/b12-9-,19-16-,21-18-,28-25-,29-26-,36-27-,46-43-. The minimum Gasteiger partial charge on any atom is -0.462 e. The number of phosphoric acid groups is 1. The summed E-state index contributed by atoms with van der Waals surface area (Å²) in [6, 6.07) is 0.